The third-order valence-electron chi connectivity index (χ3n) is 10.2. The van der Waals surface area contributed by atoms with Gasteiger partial charge in [0.2, 0.25) is 0 Å². The number of rotatable bonds is 41. The van der Waals surface area contributed by atoms with Crippen molar-refractivity contribution in [2.45, 2.75) is 206 Å². The Morgan fingerprint density at radius 1 is 0.544 bits per heavy atom. The molecule has 0 aliphatic rings. The molecule has 1 N–H and O–H groups in total. The summed E-state index contributed by atoms with van der Waals surface area (Å²) in [5.74, 6) is -1.47. The highest BCUT2D eigenvalue weighted by Crippen LogP contribution is 2.15. The molecule has 0 saturated heterocycles. The quantitative estimate of drug-likeness (QED) is 0.0284. The molecule has 0 saturated carbocycles. The summed E-state index contributed by atoms with van der Waals surface area (Å²) in [5, 5.41) is 9.62. The zero-order valence-electron chi connectivity index (χ0n) is 37.5. The number of hydrogen-bond donors (Lipinski definition) is 1. The number of carbonyl (C=O) groups excluding carboxylic acids is 2. The first-order valence-corrected chi connectivity index (χ1v) is 23.2. The maximum absolute atomic E-state index is 12.7. The van der Waals surface area contributed by atoms with Crippen LogP contribution in [0.3, 0.4) is 0 Å². The largest absolute Gasteiger partial charge is 0.477 e. The third kappa shape index (κ3) is 38.6. The van der Waals surface area contributed by atoms with Gasteiger partial charge in [-0.1, -0.05) is 172 Å². The van der Waals surface area contributed by atoms with Gasteiger partial charge in [0, 0.05) is 19.3 Å². The molecule has 57 heavy (non-hydrogen) atoms. The Balaban J connectivity index is 4.26. The number of esters is 2. The van der Waals surface area contributed by atoms with E-state index in [9.17, 15) is 19.5 Å². The first-order valence-electron chi connectivity index (χ1n) is 23.2. The van der Waals surface area contributed by atoms with Crippen molar-refractivity contribution in [3.05, 3.63) is 48.6 Å². The van der Waals surface area contributed by atoms with Gasteiger partial charge in [-0.05, 0) is 51.4 Å². The van der Waals surface area contributed by atoms with E-state index >= 15 is 0 Å². The van der Waals surface area contributed by atoms with Crippen molar-refractivity contribution in [3.8, 4) is 0 Å². The molecule has 8 heteroatoms. The lowest BCUT2D eigenvalue weighted by atomic mass is 10.1. The van der Waals surface area contributed by atoms with Gasteiger partial charge in [0.1, 0.15) is 6.61 Å². The number of ether oxygens (including phenoxy) is 3. The molecular weight excluding hydrogens is 715 g/mol. The summed E-state index contributed by atoms with van der Waals surface area (Å²) in [4.78, 5) is 37.0. The van der Waals surface area contributed by atoms with Crippen LogP contribution in [0.2, 0.25) is 0 Å². The molecule has 0 fully saturated rings. The number of hydrogen-bond acceptors (Lipinski definition) is 6. The van der Waals surface area contributed by atoms with Crippen LogP contribution in [0, 0.1) is 0 Å². The summed E-state index contributed by atoms with van der Waals surface area (Å²) >= 11 is 0. The Labute approximate surface area is 350 Å². The fraction of sp³-hybridized carbons (Fsp3) is 0.776. The van der Waals surface area contributed by atoms with E-state index in [0.29, 0.717) is 19.3 Å². The van der Waals surface area contributed by atoms with Gasteiger partial charge in [-0.2, -0.15) is 0 Å². The molecule has 0 aliphatic heterocycles. The van der Waals surface area contributed by atoms with Crippen LogP contribution in [-0.2, 0) is 28.6 Å². The predicted octanol–water partition coefficient (Wildman–Crippen LogP) is 12.8. The van der Waals surface area contributed by atoms with Crippen molar-refractivity contribution < 1.29 is 38.2 Å². The van der Waals surface area contributed by atoms with Crippen LogP contribution < -0.4 is 0 Å². The fourth-order valence-corrected chi connectivity index (χ4v) is 6.67. The SMILES string of the molecule is CC/C=C/C/C=C/C/C=C/C/C=C/CCCCCCCCCCCC(=O)OC(COCCC(C(=O)O)[N+](C)(C)C)COC(=O)CCCCCCCCCCCCC. The second kappa shape index (κ2) is 40.1. The number of nitrogens with zero attached hydrogens (tertiary/aromatic N) is 1. The van der Waals surface area contributed by atoms with Gasteiger partial charge in [0.25, 0.3) is 0 Å². The molecule has 0 spiro atoms. The third-order valence-corrected chi connectivity index (χ3v) is 10.2. The molecule has 0 amide bonds. The highest BCUT2D eigenvalue weighted by molar-refractivity contribution is 5.72. The molecular formula is C49H88NO7+. The van der Waals surface area contributed by atoms with Crippen molar-refractivity contribution in [2.75, 3.05) is 41.0 Å². The van der Waals surface area contributed by atoms with E-state index in [1.807, 2.05) is 21.1 Å². The number of unbranched alkanes of at least 4 members (excludes halogenated alkanes) is 19. The van der Waals surface area contributed by atoms with E-state index in [1.54, 1.807) is 0 Å². The summed E-state index contributed by atoms with van der Waals surface area (Å²) in [6, 6.07) is -0.615. The zero-order valence-corrected chi connectivity index (χ0v) is 37.5. The van der Waals surface area contributed by atoms with Gasteiger partial charge in [0.15, 0.2) is 12.1 Å². The van der Waals surface area contributed by atoms with Crippen LogP contribution in [0.5, 0.6) is 0 Å². The topological polar surface area (TPSA) is 99.1 Å². The van der Waals surface area contributed by atoms with Gasteiger partial charge in [-0.25, -0.2) is 4.79 Å². The Morgan fingerprint density at radius 2 is 0.982 bits per heavy atom. The summed E-state index contributed by atoms with van der Waals surface area (Å²) in [6.07, 6.45) is 47.2. The first kappa shape index (κ1) is 54.3. The standard InChI is InChI=1S/C49H87NO7/c1-6-8-10-12-14-16-18-19-20-21-22-23-24-25-26-27-28-30-32-34-36-38-40-48(52)57-45(43-55-42-41-46(49(53)54)50(3,4)5)44-56-47(51)39-37-35-33-31-29-17-15-13-11-9-7-2/h8,10,14,16,19-20,22-23,45-46H,6-7,9,11-13,15,17-18,21,24-44H2,1-5H3/p+1/b10-8+,16-14+,20-19+,23-22+. The summed E-state index contributed by atoms with van der Waals surface area (Å²) in [5.41, 5.74) is 0. The second-order valence-corrected chi connectivity index (χ2v) is 16.6. The van der Waals surface area contributed by atoms with Crippen molar-refractivity contribution >= 4 is 17.9 Å². The number of allylic oxidation sites excluding steroid dienone is 8. The van der Waals surface area contributed by atoms with Crippen LogP contribution in [0.1, 0.15) is 194 Å². The molecule has 0 aromatic heterocycles. The maximum atomic E-state index is 12.7. The summed E-state index contributed by atoms with van der Waals surface area (Å²) in [7, 11) is 5.53. The fourth-order valence-electron chi connectivity index (χ4n) is 6.67. The second-order valence-electron chi connectivity index (χ2n) is 16.6. The zero-order chi connectivity index (χ0) is 42.1. The molecule has 0 aliphatic carbocycles. The first-order chi connectivity index (χ1) is 27.6. The number of carbonyl (C=O) groups is 3. The van der Waals surface area contributed by atoms with Crippen LogP contribution in [-0.4, -0.2) is 80.6 Å². The lowest BCUT2D eigenvalue weighted by Gasteiger charge is -2.31. The lowest BCUT2D eigenvalue weighted by molar-refractivity contribution is -0.887. The number of quaternary nitrogens is 1. The highest BCUT2D eigenvalue weighted by Gasteiger charge is 2.31. The molecule has 0 bridgehead atoms. The molecule has 0 aromatic carbocycles. The Kier molecular flexibility index (Phi) is 38.2. The van der Waals surface area contributed by atoms with E-state index in [4.69, 9.17) is 14.2 Å². The molecule has 330 valence electrons. The number of aliphatic carboxylic acids is 1. The number of carboxylic acids is 1. The van der Waals surface area contributed by atoms with Crippen molar-refractivity contribution in [3.63, 3.8) is 0 Å². The van der Waals surface area contributed by atoms with Crippen LogP contribution in [0.15, 0.2) is 48.6 Å². The smallest absolute Gasteiger partial charge is 0.362 e. The van der Waals surface area contributed by atoms with E-state index < -0.39 is 18.1 Å². The van der Waals surface area contributed by atoms with Gasteiger partial charge in [0.05, 0.1) is 34.4 Å². The molecule has 2 atom stereocenters. The summed E-state index contributed by atoms with van der Waals surface area (Å²) in [6.45, 7) is 4.62. The predicted molar refractivity (Wildman–Crippen MR) is 238 cm³/mol. The van der Waals surface area contributed by atoms with E-state index in [-0.39, 0.29) is 36.2 Å². The Hall–Kier alpha value is -2.71. The molecule has 8 nitrogen and oxygen atoms in total. The monoisotopic (exact) mass is 803 g/mol. The molecule has 0 heterocycles. The van der Waals surface area contributed by atoms with E-state index in [2.05, 4.69) is 62.5 Å². The van der Waals surface area contributed by atoms with Crippen LogP contribution in [0.25, 0.3) is 0 Å². The van der Waals surface area contributed by atoms with Crippen molar-refractivity contribution in [1.82, 2.24) is 0 Å². The average Bonchev–Trinajstić information content (AvgIpc) is 3.17. The van der Waals surface area contributed by atoms with Gasteiger partial charge in [-0.15, -0.1) is 0 Å². The maximum Gasteiger partial charge on any atom is 0.362 e. The Bertz CT molecular complexity index is 1070. The molecule has 0 radical (unpaired) electrons. The lowest BCUT2D eigenvalue weighted by Crippen LogP contribution is -2.50. The Morgan fingerprint density at radius 3 is 1.46 bits per heavy atom. The van der Waals surface area contributed by atoms with Gasteiger partial charge < -0.3 is 23.8 Å². The molecule has 2 unspecified atom stereocenters. The van der Waals surface area contributed by atoms with Gasteiger partial charge >= 0.3 is 17.9 Å². The molecule has 0 aromatic rings. The highest BCUT2D eigenvalue weighted by atomic mass is 16.6. The number of likely N-dealkylation sites (N-methyl/N-ethyl adjacent to an activating group) is 1. The normalized spacial score (nSPS) is 13.4. The summed E-state index contributed by atoms with van der Waals surface area (Å²) < 4.78 is 17.3. The van der Waals surface area contributed by atoms with E-state index in [1.165, 1.54) is 89.9 Å². The minimum absolute atomic E-state index is 0.0518. The van der Waals surface area contributed by atoms with Gasteiger partial charge in [-0.3, -0.25) is 9.59 Å². The van der Waals surface area contributed by atoms with Crippen molar-refractivity contribution in [2.24, 2.45) is 0 Å². The van der Waals surface area contributed by atoms with Crippen LogP contribution >= 0.6 is 0 Å². The number of carboxylic acid groups (broad SMARTS) is 1. The minimum atomic E-state index is -0.876. The van der Waals surface area contributed by atoms with E-state index in [0.717, 1.165) is 70.6 Å². The average molecular weight is 803 g/mol. The molecule has 0 rings (SSSR count). The van der Waals surface area contributed by atoms with Crippen molar-refractivity contribution in [1.29, 1.82) is 0 Å². The minimum Gasteiger partial charge on any atom is -0.477 e. The van der Waals surface area contributed by atoms with Crippen LogP contribution in [0.4, 0.5) is 0 Å².